The zero-order valence-electron chi connectivity index (χ0n) is 13.6. The van der Waals surface area contributed by atoms with Crippen LogP contribution in [0.1, 0.15) is 40.0 Å². The summed E-state index contributed by atoms with van der Waals surface area (Å²) in [5.74, 6) is 0.229. The molecule has 5 heteroatoms. The molecule has 0 aromatic carbocycles. The monoisotopic (exact) mass is 286 g/mol. The van der Waals surface area contributed by atoms with Gasteiger partial charge in [0.05, 0.1) is 13.0 Å². The molecule has 0 heterocycles. The molecule has 0 saturated heterocycles. The molecular weight excluding hydrogens is 256 g/mol. The van der Waals surface area contributed by atoms with Crippen molar-refractivity contribution >= 4 is 11.9 Å². The summed E-state index contributed by atoms with van der Waals surface area (Å²) in [6, 6.07) is 0. The summed E-state index contributed by atoms with van der Waals surface area (Å²) in [4.78, 5) is 27.5. The quantitative estimate of drug-likeness (QED) is 0.574. The average Bonchev–Trinajstić information content (AvgIpc) is 2.32. The standard InChI is InChI=1S/C15H30N2O3/c1-6-20-15(19)8-11-17(10-7-9-16(4)5)14(18)12-13(2)3/h13H,6-12H2,1-5H3. The molecule has 118 valence electrons. The van der Waals surface area contributed by atoms with E-state index < -0.39 is 0 Å². The Bertz CT molecular complexity index is 291. The molecule has 5 nitrogen and oxygen atoms in total. The van der Waals surface area contributed by atoms with E-state index in [0.717, 1.165) is 13.0 Å². The van der Waals surface area contributed by atoms with Crippen LogP contribution in [0.15, 0.2) is 0 Å². The molecule has 0 rings (SSSR count). The number of rotatable bonds is 10. The fourth-order valence-corrected chi connectivity index (χ4v) is 1.88. The Balaban J connectivity index is 4.30. The number of hydrogen-bond donors (Lipinski definition) is 0. The van der Waals surface area contributed by atoms with E-state index in [9.17, 15) is 9.59 Å². The van der Waals surface area contributed by atoms with Crippen LogP contribution in [0.25, 0.3) is 0 Å². The minimum Gasteiger partial charge on any atom is -0.466 e. The van der Waals surface area contributed by atoms with E-state index in [1.54, 1.807) is 11.8 Å². The van der Waals surface area contributed by atoms with Crippen LogP contribution in [0.5, 0.6) is 0 Å². The van der Waals surface area contributed by atoms with Crippen LogP contribution in [0.4, 0.5) is 0 Å². The summed E-state index contributed by atoms with van der Waals surface area (Å²) in [6.07, 6.45) is 1.73. The van der Waals surface area contributed by atoms with Crippen LogP contribution in [0, 0.1) is 5.92 Å². The maximum absolute atomic E-state index is 12.2. The lowest BCUT2D eigenvalue weighted by molar-refractivity contribution is -0.144. The van der Waals surface area contributed by atoms with Gasteiger partial charge in [-0.1, -0.05) is 13.8 Å². The van der Waals surface area contributed by atoms with Gasteiger partial charge in [0, 0.05) is 19.5 Å². The summed E-state index contributed by atoms with van der Waals surface area (Å²) < 4.78 is 4.91. The van der Waals surface area contributed by atoms with Gasteiger partial charge < -0.3 is 14.5 Å². The van der Waals surface area contributed by atoms with Crippen LogP contribution in [-0.2, 0) is 14.3 Å². The number of esters is 1. The largest absolute Gasteiger partial charge is 0.466 e. The second kappa shape index (κ2) is 10.7. The Labute approximate surface area is 123 Å². The van der Waals surface area contributed by atoms with Crippen molar-refractivity contribution in [3.05, 3.63) is 0 Å². The third-order valence-corrected chi connectivity index (χ3v) is 2.86. The first-order valence-electron chi connectivity index (χ1n) is 7.44. The van der Waals surface area contributed by atoms with Crippen LogP contribution in [0.2, 0.25) is 0 Å². The maximum atomic E-state index is 12.2. The lowest BCUT2D eigenvalue weighted by atomic mass is 10.1. The molecule has 0 aromatic heterocycles. The number of carbonyl (C=O) groups excluding carboxylic acids is 2. The van der Waals surface area contributed by atoms with E-state index >= 15 is 0 Å². The third-order valence-electron chi connectivity index (χ3n) is 2.86. The van der Waals surface area contributed by atoms with Gasteiger partial charge in [0.25, 0.3) is 0 Å². The molecule has 0 saturated carbocycles. The minimum atomic E-state index is -0.234. The van der Waals surface area contributed by atoms with Gasteiger partial charge in [0.2, 0.25) is 5.91 Å². The smallest absolute Gasteiger partial charge is 0.307 e. The third kappa shape index (κ3) is 9.78. The fraction of sp³-hybridized carbons (Fsp3) is 0.867. The highest BCUT2D eigenvalue weighted by Crippen LogP contribution is 2.06. The maximum Gasteiger partial charge on any atom is 0.307 e. The molecule has 0 radical (unpaired) electrons. The normalized spacial score (nSPS) is 10.9. The predicted octanol–water partition coefficient (Wildman–Crippen LogP) is 1.77. The molecule has 1 amide bonds. The molecule has 0 spiro atoms. The van der Waals surface area contributed by atoms with Crippen LogP contribution < -0.4 is 0 Å². The highest BCUT2D eigenvalue weighted by Gasteiger charge is 2.16. The van der Waals surface area contributed by atoms with Gasteiger partial charge in [-0.2, -0.15) is 0 Å². The van der Waals surface area contributed by atoms with E-state index in [1.165, 1.54) is 0 Å². The molecule has 0 unspecified atom stereocenters. The Morgan fingerprint density at radius 3 is 2.25 bits per heavy atom. The Kier molecular flexibility index (Phi) is 10.1. The highest BCUT2D eigenvalue weighted by molar-refractivity contribution is 5.77. The highest BCUT2D eigenvalue weighted by atomic mass is 16.5. The zero-order valence-corrected chi connectivity index (χ0v) is 13.6. The van der Waals surface area contributed by atoms with E-state index in [2.05, 4.69) is 4.90 Å². The second-order valence-corrected chi connectivity index (χ2v) is 5.69. The van der Waals surface area contributed by atoms with Crippen molar-refractivity contribution < 1.29 is 14.3 Å². The summed E-state index contributed by atoms with van der Waals surface area (Å²) >= 11 is 0. The first kappa shape index (κ1) is 18.9. The van der Waals surface area contributed by atoms with Crippen molar-refractivity contribution in [2.24, 2.45) is 5.92 Å². The number of hydrogen-bond acceptors (Lipinski definition) is 4. The number of amides is 1. The van der Waals surface area contributed by atoms with E-state index in [-0.39, 0.29) is 18.3 Å². The molecule has 0 aliphatic rings. The second-order valence-electron chi connectivity index (χ2n) is 5.69. The van der Waals surface area contributed by atoms with Crippen molar-refractivity contribution in [1.82, 2.24) is 9.80 Å². The number of nitrogens with zero attached hydrogens (tertiary/aromatic N) is 2. The Hall–Kier alpha value is -1.10. The Morgan fingerprint density at radius 1 is 1.10 bits per heavy atom. The molecule has 0 bridgehead atoms. The van der Waals surface area contributed by atoms with E-state index in [4.69, 9.17) is 4.74 Å². The summed E-state index contributed by atoms with van der Waals surface area (Å²) in [7, 11) is 4.03. The van der Waals surface area contributed by atoms with E-state index in [0.29, 0.717) is 32.0 Å². The van der Waals surface area contributed by atoms with Crippen molar-refractivity contribution in [2.75, 3.05) is 40.3 Å². The molecule has 0 N–H and O–H groups in total. The molecule has 0 fully saturated rings. The van der Waals surface area contributed by atoms with Crippen molar-refractivity contribution in [1.29, 1.82) is 0 Å². The summed E-state index contributed by atoms with van der Waals surface area (Å²) in [6.45, 7) is 8.32. The Morgan fingerprint density at radius 2 is 1.75 bits per heavy atom. The molecule has 0 aliphatic heterocycles. The number of ether oxygens (including phenoxy) is 1. The van der Waals surface area contributed by atoms with Gasteiger partial charge >= 0.3 is 5.97 Å². The van der Waals surface area contributed by atoms with Gasteiger partial charge in [-0.05, 0) is 39.9 Å². The predicted molar refractivity (Wildman–Crippen MR) is 80.5 cm³/mol. The molecule has 20 heavy (non-hydrogen) atoms. The van der Waals surface area contributed by atoms with Gasteiger partial charge in [0.1, 0.15) is 0 Å². The average molecular weight is 286 g/mol. The van der Waals surface area contributed by atoms with Gasteiger partial charge in [-0.25, -0.2) is 0 Å². The van der Waals surface area contributed by atoms with Gasteiger partial charge in [0.15, 0.2) is 0 Å². The number of carbonyl (C=O) groups is 2. The summed E-state index contributed by atoms with van der Waals surface area (Å²) in [5, 5.41) is 0. The molecule has 0 aromatic rings. The molecular formula is C15H30N2O3. The van der Waals surface area contributed by atoms with Crippen molar-refractivity contribution in [3.63, 3.8) is 0 Å². The van der Waals surface area contributed by atoms with Crippen LogP contribution in [-0.4, -0.2) is 62.0 Å². The SMILES string of the molecule is CCOC(=O)CCN(CCCN(C)C)C(=O)CC(C)C. The fourth-order valence-electron chi connectivity index (χ4n) is 1.88. The lowest BCUT2D eigenvalue weighted by Crippen LogP contribution is -2.36. The lowest BCUT2D eigenvalue weighted by Gasteiger charge is -2.24. The topological polar surface area (TPSA) is 49.9 Å². The van der Waals surface area contributed by atoms with Crippen LogP contribution >= 0.6 is 0 Å². The molecule has 0 atom stereocenters. The van der Waals surface area contributed by atoms with Crippen LogP contribution in [0.3, 0.4) is 0 Å². The van der Waals surface area contributed by atoms with Gasteiger partial charge in [-0.3, -0.25) is 9.59 Å². The first-order chi connectivity index (χ1) is 9.36. The summed E-state index contributed by atoms with van der Waals surface area (Å²) in [5.41, 5.74) is 0. The van der Waals surface area contributed by atoms with Gasteiger partial charge in [-0.15, -0.1) is 0 Å². The first-order valence-corrected chi connectivity index (χ1v) is 7.44. The van der Waals surface area contributed by atoms with Crippen molar-refractivity contribution in [2.45, 2.75) is 40.0 Å². The van der Waals surface area contributed by atoms with E-state index in [1.807, 2.05) is 27.9 Å². The minimum absolute atomic E-state index is 0.128. The molecule has 0 aliphatic carbocycles. The zero-order chi connectivity index (χ0) is 15.5. The van der Waals surface area contributed by atoms with Crippen molar-refractivity contribution in [3.8, 4) is 0 Å².